The minimum absolute atomic E-state index is 0.0992. The van der Waals surface area contributed by atoms with Gasteiger partial charge >= 0.3 is 0 Å². The number of furan rings is 1. The van der Waals surface area contributed by atoms with Gasteiger partial charge in [-0.2, -0.15) is 11.3 Å². The molecule has 4 nitrogen and oxygen atoms in total. The molecule has 0 saturated heterocycles. The summed E-state index contributed by atoms with van der Waals surface area (Å²) in [5, 5.41) is 16.6. The fourth-order valence-corrected chi connectivity index (χ4v) is 2.71. The van der Waals surface area contributed by atoms with E-state index < -0.39 is 6.10 Å². The van der Waals surface area contributed by atoms with Crippen LogP contribution in [0, 0.1) is 6.92 Å². The normalized spacial score (nSPS) is 14.1. The molecule has 0 saturated carbocycles. The summed E-state index contributed by atoms with van der Waals surface area (Å²) in [6.45, 7) is 3.78. The number of nitrogens with one attached hydrogen (secondary N) is 1. The molecule has 0 unspecified atom stereocenters. The lowest BCUT2D eigenvalue weighted by Crippen LogP contribution is -2.33. The number of amides is 1. The summed E-state index contributed by atoms with van der Waals surface area (Å²) in [5.74, 6) is 0.422. The summed E-state index contributed by atoms with van der Waals surface area (Å²) >= 11 is 1.51. The van der Waals surface area contributed by atoms with Crippen LogP contribution in [0.4, 0.5) is 0 Å². The van der Waals surface area contributed by atoms with Crippen molar-refractivity contribution < 1.29 is 14.3 Å². The first-order valence-corrected chi connectivity index (χ1v) is 7.07. The zero-order chi connectivity index (χ0) is 13.8. The van der Waals surface area contributed by atoms with Gasteiger partial charge in [0.25, 0.3) is 5.91 Å². The molecule has 0 radical (unpaired) electrons. The van der Waals surface area contributed by atoms with Crippen molar-refractivity contribution in [1.82, 2.24) is 5.32 Å². The summed E-state index contributed by atoms with van der Waals surface area (Å²) < 4.78 is 5.13. The molecule has 2 atom stereocenters. The highest BCUT2D eigenvalue weighted by atomic mass is 32.1. The van der Waals surface area contributed by atoms with Crippen LogP contribution in [0.15, 0.2) is 33.6 Å². The van der Waals surface area contributed by atoms with E-state index in [-0.39, 0.29) is 11.9 Å². The average molecular weight is 279 g/mol. The average Bonchev–Trinajstić information content (AvgIpc) is 2.98. The Labute approximate surface area is 116 Å². The van der Waals surface area contributed by atoms with Gasteiger partial charge in [0.1, 0.15) is 11.9 Å². The smallest absolute Gasteiger partial charge is 0.252 e. The van der Waals surface area contributed by atoms with Crippen LogP contribution in [0.3, 0.4) is 0 Å². The molecule has 2 rings (SSSR count). The van der Waals surface area contributed by atoms with Crippen LogP contribution >= 0.6 is 11.3 Å². The Morgan fingerprint density at radius 3 is 2.89 bits per heavy atom. The number of hydrogen-bond acceptors (Lipinski definition) is 4. The molecular formula is C14H17NO3S. The molecule has 2 aromatic rings. The van der Waals surface area contributed by atoms with Crippen molar-refractivity contribution in [2.24, 2.45) is 0 Å². The Morgan fingerprint density at radius 2 is 2.32 bits per heavy atom. The van der Waals surface area contributed by atoms with Crippen molar-refractivity contribution in [3.05, 3.63) is 46.0 Å². The van der Waals surface area contributed by atoms with Gasteiger partial charge in [0.2, 0.25) is 0 Å². The first-order chi connectivity index (χ1) is 9.08. The van der Waals surface area contributed by atoms with Gasteiger partial charge in [-0.25, -0.2) is 0 Å². The fraction of sp³-hybridized carbons (Fsp3) is 0.357. The van der Waals surface area contributed by atoms with Gasteiger partial charge in [-0.3, -0.25) is 4.79 Å². The maximum absolute atomic E-state index is 12.0. The Hall–Kier alpha value is -1.59. The third kappa shape index (κ3) is 3.45. The number of aliphatic hydroxyl groups is 1. The maximum Gasteiger partial charge on any atom is 0.252 e. The summed E-state index contributed by atoms with van der Waals surface area (Å²) in [6.07, 6.45) is 1.24. The molecule has 19 heavy (non-hydrogen) atoms. The van der Waals surface area contributed by atoms with Crippen LogP contribution in [0.25, 0.3) is 0 Å². The summed E-state index contributed by atoms with van der Waals surface area (Å²) in [4.78, 5) is 12.0. The van der Waals surface area contributed by atoms with E-state index in [1.165, 1.54) is 17.6 Å². The minimum atomic E-state index is -0.700. The standard InChI is InChI=1S/C14H17NO3S/c1-9-7-19-8-11(9)14(17)15-10(2)6-12(16)13-4-3-5-18-13/h3-5,7-8,10,12,16H,6H2,1-2H3,(H,15,17)/t10-,12+/m1/s1. The van der Waals surface area contributed by atoms with E-state index in [0.717, 1.165) is 5.56 Å². The monoisotopic (exact) mass is 279 g/mol. The molecule has 102 valence electrons. The van der Waals surface area contributed by atoms with Crippen LogP contribution in [0.2, 0.25) is 0 Å². The molecule has 2 aromatic heterocycles. The summed E-state index contributed by atoms with van der Waals surface area (Å²) in [7, 11) is 0. The predicted octanol–water partition coefficient (Wildman–Crippen LogP) is 2.89. The largest absolute Gasteiger partial charge is 0.467 e. The van der Waals surface area contributed by atoms with Crippen LogP contribution in [0.5, 0.6) is 0 Å². The highest BCUT2D eigenvalue weighted by molar-refractivity contribution is 7.08. The molecule has 2 heterocycles. The minimum Gasteiger partial charge on any atom is -0.467 e. The Morgan fingerprint density at radius 1 is 1.53 bits per heavy atom. The van der Waals surface area contributed by atoms with Crippen molar-refractivity contribution in [3.63, 3.8) is 0 Å². The molecule has 0 fully saturated rings. The summed E-state index contributed by atoms with van der Waals surface area (Å²) in [6, 6.07) is 3.32. The second-order valence-electron chi connectivity index (χ2n) is 4.61. The van der Waals surface area contributed by atoms with E-state index in [2.05, 4.69) is 5.32 Å². The number of rotatable bonds is 5. The van der Waals surface area contributed by atoms with E-state index in [1.807, 2.05) is 24.6 Å². The first-order valence-electron chi connectivity index (χ1n) is 6.13. The van der Waals surface area contributed by atoms with E-state index >= 15 is 0 Å². The predicted molar refractivity (Wildman–Crippen MR) is 74.3 cm³/mol. The number of aliphatic hydroxyl groups excluding tert-OH is 1. The van der Waals surface area contributed by atoms with E-state index in [4.69, 9.17) is 4.42 Å². The van der Waals surface area contributed by atoms with Gasteiger partial charge in [-0.05, 0) is 36.9 Å². The molecule has 0 aliphatic carbocycles. The van der Waals surface area contributed by atoms with Crippen molar-refractivity contribution >= 4 is 17.2 Å². The molecule has 0 aromatic carbocycles. The van der Waals surface area contributed by atoms with Crippen molar-refractivity contribution in [3.8, 4) is 0 Å². The molecule has 5 heteroatoms. The van der Waals surface area contributed by atoms with Gasteiger partial charge in [-0.15, -0.1) is 0 Å². The highest BCUT2D eigenvalue weighted by Gasteiger charge is 2.18. The van der Waals surface area contributed by atoms with Gasteiger partial charge < -0.3 is 14.8 Å². The second-order valence-corrected chi connectivity index (χ2v) is 5.35. The quantitative estimate of drug-likeness (QED) is 0.884. The SMILES string of the molecule is Cc1cscc1C(=O)N[C@H](C)C[C@H](O)c1ccco1. The number of thiophene rings is 1. The van der Waals surface area contributed by atoms with Crippen molar-refractivity contribution in [2.45, 2.75) is 32.4 Å². The Balaban J connectivity index is 1.89. The van der Waals surface area contributed by atoms with Gasteiger partial charge in [-0.1, -0.05) is 0 Å². The van der Waals surface area contributed by atoms with Gasteiger partial charge in [0, 0.05) is 17.8 Å². The van der Waals surface area contributed by atoms with E-state index in [1.54, 1.807) is 12.1 Å². The number of hydrogen-bond donors (Lipinski definition) is 2. The number of carbonyl (C=O) groups is 1. The van der Waals surface area contributed by atoms with Crippen molar-refractivity contribution in [2.75, 3.05) is 0 Å². The fourth-order valence-electron chi connectivity index (χ4n) is 1.89. The lowest BCUT2D eigenvalue weighted by atomic mass is 10.1. The zero-order valence-electron chi connectivity index (χ0n) is 10.9. The molecule has 0 aliphatic rings. The molecule has 2 N–H and O–H groups in total. The van der Waals surface area contributed by atoms with Crippen LogP contribution in [-0.4, -0.2) is 17.1 Å². The van der Waals surface area contributed by atoms with E-state index in [0.29, 0.717) is 17.7 Å². The molecule has 0 aliphatic heterocycles. The lowest BCUT2D eigenvalue weighted by Gasteiger charge is -2.16. The highest BCUT2D eigenvalue weighted by Crippen LogP contribution is 2.19. The Bertz CT molecular complexity index is 533. The van der Waals surface area contributed by atoms with E-state index in [9.17, 15) is 9.90 Å². The second kappa shape index (κ2) is 6.04. The third-order valence-corrected chi connectivity index (χ3v) is 3.79. The molecule has 0 spiro atoms. The van der Waals surface area contributed by atoms with Gasteiger partial charge in [0.15, 0.2) is 0 Å². The molecule has 0 bridgehead atoms. The zero-order valence-corrected chi connectivity index (χ0v) is 11.7. The maximum atomic E-state index is 12.0. The lowest BCUT2D eigenvalue weighted by molar-refractivity contribution is 0.0903. The van der Waals surface area contributed by atoms with Crippen LogP contribution in [-0.2, 0) is 0 Å². The molecular weight excluding hydrogens is 262 g/mol. The first kappa shape index (κ1) is 13.8. The van der Waals surface area contributed by atoms with Crippen molar-refractivity contribution in [1.29, 1.82) is 0 Å². The van der Waals surface area contributed by atoms with Crippen LogP contribution < -0.4 is 5.32 Å². The topological polar surface area (TPSA) is 62.5 Å². The third-order valence-electron chi connectivity index (χ3n) is 2.93. The number of aryl methyl sites for hydroxylation is 1. The number of carbonyl (C=O) groups excluding carboxylic acids is 1. The summed E-state index contributed by atoms with van der Waals surface area (Å²) in [5.41, 5.74) is 1.67. The Kier molecular flexibility index (Phi) is 4.39. The van der Waals surface area contributed by atoms with Gasteiger partial charge in [0.05, 0.1) is 11.8 Å². The molecule has 1 amide bonds. The van der Waals surface area contributed by atoms with Crippen LogP contribution in [0.1, 0.15) is 41.1 Å².